The summed E-state index contributed by atoms with van der Waals surface area (Å²) in [6, 6.07) is -0.612. The minimum absolute atomic E-state index is 0.0715. The molecule has 0 bridgehead atoms. The van der Waals surface area contributed by atoms with E-state index >= 15 is 0 Å². The largest absolute Gasteiger partial charge is 0.480 e. The Morgan fingerprint density at radius 2 is 2.00 bits per heavy atom. The van der Waals surface area contributed by atoms with Crippen molar-refractivity contribution < 1.29 is 14.7 Å². The zero-order valence-electron chi connectivity index (χ0n) is 10.0. The van der Waals surface area contributed by atoms with Crippen LogP contribution in [0, 0.1) is 5.92 Å². The number of carbonyl (C=O) groups is 2. The third-order valence-corrected chi connectivity index (χ3v) is 3.51. The number of likely N-dealkylation sites (tertiary alicyclic amines) is 1. The Labute approximate surface area is 101 Å². The number of carboxylic acid groups (broad SMARTS) is 1. The molecule has 0 spiro atoms. The fourth-order valence-electron chi connectivity index (χ4n) is 2.29. The number of amides is 1. The van der Waals surface area contributed by atoms with Crippen LogP contribution in [0.5, 0.6) is 0 Å². The van der Waals surface area contributed by atoms with Gasteiger partial charge in [0, 0.05) is 6.54 Å². The maximum atomic E-state index is 11.9. The van der Waals surface area contributed by atoms with Crippen LogP contribution in [0.3, 0.4) is 0 Å². The lowest BCUT2D eigenvalue weighted by atomic mass is 10.0. The van der Waals surface area contributed by atoms with E-state index in [9.17, 15) is 9.59 Å². The first-order chi connectivity index (χ1) is 8.18. The Morgan fingerprint density at radius 3 is 2.65 bits per heavy atom. The molecule has 0 aromatic rings. The van der Waals surface area contributed by atoms with Gasteiger partial charge in [0.2, 0.25) is 5.91 Å². The van der Waals surface area contributed by atoms with Gasteiger partial charge >= 0.3 is 5.97 Å². The van der Waals surface area contributed by atoms with Crippen LogP contribution in [-0.4, -0.2) is 47.6 Å². The molecule has 1 aliphatic carbocycles. The van der Waals surface area contributed by atoms with Crippen molar-refractivity contribution in [1.29, 1.82) is 0 Å². The van der Waals surface area contributed by atoms with E-state index < -0.39 is 12.0 Å². The molecule has 17 heavy (non-hydrogen) atoms. The highest BCUT2D eigenvalue weighted by Crippen LogP contribution is 2.27. The molecule has 2 N–H and O–H groups in total. The van der Waals surface area contributed by atoms with E-state index in [4.69, 9.17) is 5.11 Å². The van der Waals surface area contributed by atoms with Crippen LogP contribution in [-0.2, 0) is 9.59 Å². The number of piperidine rings is 1. The average molecular weight is 240 g/mol. The number of aliphatic carboxylic acids is 1. The smallest absolute Gasteiger partial charge is 0.326 e. The fraction of sp³-hybridized carbons (Fsp3) is 0.833. The first-order valence-electron chi connectivity index (χ1n) is 6.41. The van der Waals surface area contributed by atoms with E-state index in [-0.39, 0.29) is 12.5 Å². The van der Waals surface area contributed by atoms with Gasteiger partial charge in [0.05, 0.1) is 6.54 Å². The molecule has 5 heteroatoms. The number of carboxylic acids is 1. The minimum Gasteiger partial charge on any atom is -0.480 e. The van der Waals surface area contributed by atoms with Gasteiger partial charge in [-0.05, 0) is 44.6 Å². The molecule has 1 amide bonds. The van der Waals surface area contributed by atoms with E-state index in [1.165, 1.54) is 17.7 Å². The molecule has 0 radical (unpaired) electrons. The van der Waals surface area contributed by atoms with E-state index in [0.717, 1.165) is 25.3 Å². The molecule has 1 heterocycles. The number of hydrogen-bond donors (Lipinski definition) is 2. The molecular weight excluding hydrogens is 220 g/mol. The second kappa shape index (κ2) is 5.49. The highest BCUT2D eigenvalue weighted by atomic mass is 16.4. The van der Waals surface area contributed by atoms with Crippen molar-refractivity contribution in [3.63, 3.8) is 0 Å². The number of nitrogens with one attached hydrogen (secondary N) is 1. The van der Waals surface area contributed by atoms with Gasteiger partial charge in [-0.1, -0.05) is 0 Å². The van der Waals surface area contributed by atoms with Gasteiger partial charge in [-0.2, -0.15) is 0 Å². The highest BCUT2D eigenvalue weighted by Gasteiger charge is 2.31. The van der Waals surface area contributed by atoms with Crippen LogP contribution in [0.25, 0.3) is 0 Å². The van der Waals surface area contributed by atoms with Gasteiger partial charge in [-0.15, -0.1) is 0 Å². The highest BCUT2D eigenvalue weighted by molar-refractivity contribution is 5.85. The normalized spacial score (nSPS) is 24.7. The lowest BCUT2D eigenvalue weighted by molar-refractivity contribution is -0.151. The van der Waals surface area contributed by atoms with Crippen molar-refractivity contribution in [3.8, 4) is 0 Å². The van der Waals surface area contributed by atoms with E-state index in [2.05, 4.69) is 5.32 Å². The lowest BCUT2D eigenvalue weighted by Crippen LogP contribution is -2.50. The van der Waals surface area contributed by atoms with Crippen LogP contribution >= 0.6 is 0 Å². The van der Waals surface area contributed by atoms with E-state index in [0.29, 0.717) is 13.0 Å². The van der Waals surface area contributed by atoms with Crippen molar-refractivity contribution in [2.24, 2.45) is 5.92 Å². The molecule has 0 unspecified atom stereocenters. The number of hydrogen-bond acceptors (Lipinski definition) is 3. The molecule has 5 nitrogen and oxygen atoms in total. The predicted octanol–water partition coefficient (Wildman–Crippen LogP) is 0.452. The Bertz CT molecular complexity index is 302. The van der Waals surface area contributed by atoms with Crippen molar-refractivity contribution in [2.45, 2.75) is 38.1 Å². The van der Waals surface area contributed by atoms with Crippen molar-refractivity contribution in [2.75, 3.05) is 19.6 Å². The standard InChI is InChI=1S/C12H20N2O3/c15-11(8-13-7-9-4-5-9)14-6-2-1-3-10(14)12(16)17/h9-10,13H,1-8H2,(H,16,17)/t10-/m0/s1. The third kappa shape index (κ3) is 3.43. The summed E-state index contributed by atoms with van der Waals surface area (Å²) in [4.78, 5) is 24.5. The molecule has 0 aromatic heterocycles. The second-order valence-electron chi connectivity index (χ2n) is 5.01. The molecular formula is C12H20N2O3. The van der Waals surface area contributed by atoms with Gasteiger partial charge < -0.3 is 15.3 Å². The first kappa shape index (κ1) is 12.4. The molecule has 1 saturated heterocycles. The lowest BCUT2D eigenvalue weighted by Gasteiger charge is -2.33. The van der Waals surface area contributed by atoms with Gasteiger partial charge in [0.25, 0.3) is 0 Å². The Hall–Kier alpha value is -1.10. The summed E-state index contributed by atoms with van der Waals surface area (Å²) in [5.74, 6) is -0.211. The minimum atomic E-state index is -0.875. The zero-order valence-corrected chi connectivity index (χ0v) is 10.0. The summed E-state index contributed by atoms with van der Waals surface area (Å²) in [5.41, 5.74) is 0. The van der Waals surface area contributed by atoms with Gasteiger partial charge in [-0.3, -0.25) is 4.79 Å². The zero-order chi connectivity index (χ0) is 12.3. The van der Waals surface area contributed by atoms with Crippen molar-refractivity contribution in [3.05, 3.63) is 0 Å². The van der Waals surface area contributed by atoms with Crippen LogP contribution < -0.4 is 5.32 Å². The maximum absolute atomic E-state index is 11.9. The summed E-state index contributed by atoms with van der Waals surface area (Å²) in [7, 11) is 0. The summed E-state index contributed by atoms with van der Waals surface area (Å²) >= 11 is 0. The first-order valence-corrected chi connectivity index (χ1v) is 6.41. The Balaban J connectivity index is 1.79. The van der Waals surface area contributed by atoms with Crippen molar-refractivity contribution in [1.82, 2.24) is 10.2 Å². The second-order valence-corrected chi connectivity index (χ2v) is 5.01. The molecule has 1 aliphatic heterocycles. The maximum Gasteiger partial charge on any atom is 0.326 e. The molecule has 0 aromatic carbocycles. The fourth-order valence-corrected chi connectivity index (χ4v) is 2.29. The Kier molecular flexibility index (Phi) is 3.99. The quantitative estimate of drug-likeness (QED) is 0.732. The predicted molar refractivity (Wildman–Crippen MR) is 62.6 cm³/mol. The van der Waals surface area contributed by atoms with Crippen LogP contribution in [0.1, 0.15) is 32.1 Å². The van der Waals surface area contributed by atoms with Gasteiger partial charge in [0.15, 0.2) is 0 Å². The van der Waals surface area contributed by atoms with Crippen LogP contribution in [0.15, 0.2) is 0 Å². The number of nitrogens with zero attached hydrogens (tertiary/aromatic N) is 1. The summed E-state index contributed by atoms with van der Waals surface area (Å²) in [6.45, 7) is 1.75. The SMILES string of the molecule is O=C(O)[C@@H]1CCCCN1C(=O)CNCC1CC1. The van der Waals surface area contributed by atoms with Gasteiger partial charge in [-0.25, -0.2) is 4.79 Å². The number of rotatable bonds is 5. The summed E-state index contributed by atoms with van der Waals surface area (Å²) in [5, 5.41) is 12.2. The van der Waals surface area contributed by atoms with E-state index in [1.54, 1.807) is 0 Å². The van der Waals surface area contributed by atoms with E-state index in [1.807, 2.05) is 0 Å². The summed E-state index contributed by atoms with van der Waals surface area (Å²) in [6.07, 6.45) is 4.91. The third-order valence-electron chi connectivity index (χ3n) is 3.51. The number of carbonyl (C=O) groups excluding carboxylic acids is 1. The van der Waals surface area contributed by atoms with Gasteiger partial charge in [0.1, 0.15) is 6.04 Å². The molecule has 2 aliphatic rings. The molecule has 96 valence electrons. The average Bonchev–Trinajstić information content (AvgIpc) is 3.13. The summed E-state index contributed by atoms with van der Waals surface area (Å²) < 4.78 is 0. The van der Waals surface area contributed by atoms with Crippen LogP contribution in [0.2, 0.25) is 0 Å². The van der Waals surface area contributed by atoms with Crippen molar-refractivity contribution >= 4 is 11.9 Å². The topological polar surface area (TPSA) is 69.6 Å². The molecule has 1 saturated carbocycles. The Morgan fingerprint density at radius 1 is 1.24 bits per heavy atom. The molecule has 2 fully saturated rings. The monoisotopic (exact) mass is 240 g/mol. The molecule has 1 atom stereocenters. The van der Waals surface area contributed by atoms with Crippen LogP contribution in [0.4, 0.5) is 0 Å². The molecule has 2 rings (SSSR count).